The van der Waals surface area contributed by atoms with Crippen LogP contribution in [0.1, 0.15) is 155 Å². The predicted molar refractivity (Wildman–Crippen MR) is 238 cm³/mol. The first-order valence-electron chi connectivity index (χ1n) is 22.6. The maximum atomic E-state index is 12.8. The molecule has 1 aliphatic rings. The van der Waals surface area contributed by atoms with Gasteiger partial charge in [-0.15, -0.1) is 0 Å². The summed E-state index contributed by atoms with van der Waals surface area (Å²) in [6.07, 6.45) is 40.6. The topological polar surface area (TPSA) is 169 Å². The van der Waals surface area contributed by atoms with Crippen LogP contribution in [0.2, 0.25) is 0 Å². The van der Waals surface area contributed by atoms with Gasteiger partial charge >= 0.3 is 17.9 Å². The Bertz CT molecular complexity index is 1310. The maximum absolute atomic E-state index is 12.8. The molecule has 0 bridgehead atoms. The Morgan fingerprint density at radius 1 is 0.517 bits per heavy atom. The third kappa shape index (κ3) is 29.6. The molecule has 0 radical (unpaired) electrons. The minimum Gasteiger partial charge on any atom is -0.479 e. The number of carbonyl (C=O) groups is 3. The zero-order valence-corrected chi connectivity index (χ0v) is 36.7. The molecule has 1 fully saturated rings. The zero-order valence-electron chi connectivity index (χ0n) is 36.7. The van der Waals surface area contributed by atoms with E-state index >= 15 is 0 Å². The van der Waals surface area contributed by atoms with Gasteiger partial charge < -0.3 is 39.4 Å². The lowest BCUT2D eigenvalue weighted by Gasteiger charge is -2.38. The van der Waals surface area contributed by atoms with Gasteiger partial charge in [0.15, 0.2) is 18.5 Å². The Morgan fingerprint density at radius 3 is 1.40 bits per heavy atom. The summed E-state index contributed by atoms with van der Waals surface area (Å²) >= 11 is 0. The van der Waals surface area contributed by atoms with Crippen molar-refractivity contribution < 1.29 is 53.8 Å². The van der Waals surface area contributed by atoms with Crippen LogP contribution in [-0.2, 0) is 33.3 Å². The molecule has 0 spiro atoms. The summed E-state index contributed by atoms with van der Waals surface area (Å²) in [5.41, 5.74) is 0. The molecule has 0 aliphatic carbocycles. The first-order chi connectivity index (χ1) is 29.2. The van der Waals surface area contributed by atoms with Crippen molar-refractivity contribution in [3.8, 4) is 0 Å². The van der Waals surface area contributed by atoms with Crippen LogP contribution in [0.25, 0.3) is 0 Å². The molecule has 0 aromatic heterocycles. The third-order valence-electron chi connectivity index (χ3n) is 9.74. The number of aliphatic hydroxyl groups is 3. The quantitative estimate of drug-likeness (QED) is 0.0269. The smallest absolute Gasteiger partial charge is 0.335 e. The number of aliphatic hydroxyl groups excluding tert-OH is 3. The van der Waals surface area contributed by atoms with E-state index in [1.54, 1.807) is 0 Å². The van der Waals surface area contributed by atoms with E-state index in [9.17, 15) is 34.8 Å². The molecule has 0 aromatic carbocycles. The summed E-state index contributed by atoms with van der Waals surface area (Å²) in [5.74, 6) is -2.50. The van der Waals surface area contributed by atoms with Crippen LogP contribution in [0, 0.1) is 0 Å². The molecule has 0 saturated carbocycles. The van der Waals surface area contributed by atoms with E-state index in [-0.39, 0.29) is 19.4 Å². The Hall–Kier alpha value is -3.61. The van der Waals surface area contributed by atoms with Crippen molar-refractivity contribution in [2.75, 3.05) is 13.2 Å². The van der Waals surface area contributed by atoms with Crippen molar-refractivity contribution in [1.29, 1.82) is 0 Å². The molecule has 6 atom stereocenters. The first kappa shape index (κ1) is 54.4. The summed E-state index contributed by atoms with van der Waals surface area (Å²) < 4.78 is 21.7. The summed E-state index contributed by atoms with van der Waals surface area (Å²) in [4.78, 5) is 36.9. The zero-order chi connectivity index (χ0) is 43.9. The molecule has 1 aliphatic heterocycles. The summed E-state index contributed by atoms with van der Waals surface area (Å²) in [7, 11) is 0. The molecular weight excluding hydrogens is 765 g/mol. The highest BCUT2D eigenvalue weighted by Crippen LogP contribution is 2.23. The fourth-order valence-corrected chi connectivity index (χ4v) is 6.24. The second-order valence-electron chi connectivity index (χ2n) is 15.1. The van der Waals surface area contributed by atoms with E-state index in [2.05, 4.69) is 98.9 Å². The summed E-state index contributed by atoms with van der Waals surface area (Å²) in [5, 5.41) is 39.8. The largest absolute Gasteiger partial charge is 0.479 e. The molecule has 0 aromatic rings. The van der Waals surface area contributed by atoms with Gasteiger partial charge in [-0.25, -0.2) is 4.79 Å². The fraction of sp³-hybridized carbons (Fsp3) is 0.653. The molecule has 1 rings (SSSR count). The van der Waals surface area contributed by atoms with Crippen molar-refractivity contribution in [3.05, 3.63) is 85.1 Å². The van der Waals surface area contributed by atoms with Crippen LogP contribution in [0.5, 0.6) is 0 Å². The number of allylic oxidation sites excluding steroid dienone is 14. The van der Waals surface area contributed by atoms with Crippen LogP contribution < -0.4 is 0 Å². The number of carbonyl (C=O) groups excluding carboxylic acids is 2. The number of aliphatic carboxylic acids is 1. The number of rotatable bonds is 36. The molecule has 0 amide bonds. The van der Waals surface area contributed by atoms with E-state index in [1.807, 2.05) is 0 Å². The second kappa shape index (κ2) is 38.3. The Balaban J connectivity index is 2.40. The monoisotopic (exact) mass is 843 g/mol. The normalized spacial score (nSPS) is 20.6. The van der Waals surface area contributed by atoms with E-state index in [1.165, 1.54) is 6.42 Å². The van der Waals surface area contributed by atoms with Gasteiger partial charge in [0.05, 0.1) is 6.61 Å². The van der Waals surface area contributed by atoms with Gasteiger partial charge in [-0.3, -0.25) is 9.59 Å². The molecule has 4 N–H and O–H groups in total. The van der Waals surface area contributed by atoms with Gasteiger partial charge in [-0.2, -0.15) is 0 Å². The SMILES string of the molecule is CC/C=C\C/C=C\C/C=C\C/C=C\CCCCCCC(=O)OCC(COC1OC(C(=O)O)C(O)C(O)C1O)OC(=O)CCCCCCCCC/C=C\C/C=C\C/C=C\CC. The lowest BCUT2D eigenvalue weighted by atomic mass is 9.99. The molecule has 11 heteroatoms. The molecule has 6 unspecified atom stereocenters. The van der Waals surface area contributed by atoms with Gasteiger partial charge in [-0.1, -0.05) is 144 Å². The lowest BCUT2D eigenvalue weighted by Crippen LogP contribution is -2.60. The van der Waals surface area contributed by atoms with Gasteiger partial charge in [-0.05, 0) is 83.5 Å². The van der Waals surface area contributed by atoms with Crippen molar-refractivity contribution in [2.24, 2.45) is 0 Å². The molecule has 11 nitrogen and oxygen atoms in total. The average molecular weight is 843 g/mol. The van der Waals surface area contributed by atoms with E-state index < -0.39 is 61.3 Å². The van der Waals surface area contributed by atoms with Crippen molar-refractivity contribution >= 4 is 17.9 Å². The molecule has 1 heterocycles. The highest BCUT2D eigenvalue weighted by Gasteiger charge is 2.47. The van der Waals surface area contributed by atoms with Gasteiger partial charge in [0.2, 0.25) is 0 Å². The molecule has 1 saturated heterocycles. The van der Waals surface area contributed by atoms with Gasteiger partial charge in [0.1, 0.15) is 24.9 Å². The molecular formula is C49H78O11. The van der Waals surface area contributed by atoms with Crippen molar-refractivity contribution in [3.63, 3.8) is 0 Å². The number of carboxylic acid groups (broad SMARTS) is 1. The number of hydrogen-bond acceptors (Lipinski definition) is 10. The highest BCUT2D eigenvalue weighted by atomic mass is 16.7. The van der Waals surface area contributed by atoms with Crippen molar-refractivity contribution in [1.82, 2.24) is 0 Å². The van der Waals surface area contributed by atoms with E-state index in [0.717, 1.165) is 109 Å². The number of carboxylic acids is 1. The van der Waals surface area contributed by atoms with Crippen LogP contribution in [-0.4, -0.2) is 88.4 Å². The number of hydrogen-bond donors (Lipinski definition) is 4. The van der Waals surface area contributed by atoms with Crippen LogP contribution in [0.15, 0.2) is 85.1 Å². The second-order valence-corrected chi connectivity index (χ2v) is 15.1. The fourth-order valence-electron chi connectivity index (χ4n) is 6.24. The van der Waals surface area contributed by atoms with E-state index in [4.69, 9.17) is 18.9 Å². The minimum atomic E-state index is -1.87. The first-order valence-corrected chi connectivity index (χ1v) is 22.6. The summed E-state index contributed by atoms with van der Waals surface area (Å²) in [6, 6.07) is 0. The average Bonchev–Trinajstić information content (AvgIpc) is 3.23. The summed E-state index contributed by atoms with van der Waals surface area (Å²) in [6.45, 7) is 3.55. The molecule has 60 heavy (non-hydrogen) atoms. The Labute approximate surface area is 361 Å². The van der Waals surface area contributed by atoms with Crippen LogP contribution >= 0.6 is 0 Å². The lowest BCUT2D eigenvalue weighted by molar-refractivity contribution is -0.298. The Morgan fingerprint density at radius 2 is 0.933 bits per heavy atom. The van der Waals surface area contributed by atoms with Gasteiger partial charge in [0, 0.05) is 12.8 Å². The standard InChI is InChI=1S/C49H78O11/c1-3-5-7-9-11-13-15-17-19-21-23-25-27-29-31-33-35-37-42(50)57-39-41(40-58-49-46(54)44(52)45(53)47(60-49)48(55)56)59-43(51)38-36-34-32-30-28-26-24-22-20-18-16-14-12-10-8-6-4-2/h5-8,11-14,17-20,23,25,41,44-47,49,52-54H,3-4,9-10,15-16,21-22,24,26-40H2,1-2H3,(H,55,56)/b7-5-,8-6-,13-11-,14-12-,19-17-,20-18-,25-23-. The number of unbranched alkanes of at least 4 members (excludes halogenated alkanes) is 11. The highest BCUT2D eigenvalue weighted by molar-refractivity contribution is 5.73. The minimum absolute atomic E-state index is 0.161. The maximum Gasteiger partial charge on any atom is 0.335 e. The van der Waals surface area contributed by atoms with Crippen LogP contribution in [0.4, 0.5) is 0 Å². The van der Waals surface area contributed by atoms with Crippen LogP contribution in [0.3, 0.4) is 0 Å². The van der Waals surface area contributed by atoms with Gasteiger partial charge in [0.25, 0.3) is 0 Å². The van der Waals surface area contributed by atoms with E-state index in [0.29, 0.717) is 12.8 Å². The third-order valence-corrected chi connectivity index (χ3v) is 9.74. The number of ether oxygens (including phenoxy) is 4. The molecule has 340 valence electrons. The number of esters is 2. The van der Waals surface area contributed by atoms with Crippen molar-refractivity contribution in [2.45, 2.75) is 192 Å². The predicted octanol–water partition coefficient (Wildman–Crippen LogP) is 9.87. The Kier molecular flexibility index (Phi) is 34.8.